The van der Waals surface area contributed by atoms with Crippen molar-refractivity contribution in [2.24, 2.45) is 11.7 Å². The molecule has 0 unspecified atom stereocenters. The smallest absolute Gasteiger partial charge is 0.166 e. The van der Waals surface area contributed by atoms with Crippen molar-refractivity contribution in [3.8, 4) is 22.6 Å². The van der Waals surface area contributed by atoms with Crippen molar-refractivity contribution < 1.29 is 14.6 Å². The van der Waals surface area contributed by atoms with Gasteiger partial charge in [-0.3, -0.25) is 9.78 Å². The molecule has 6 heteroatoms. The minimum absolute atomic E-state index is 0.00412. The molecule has 4 rings (SSSR count). The second-order valence-corrected chi connectivity index (χ2v) is 9.58. The summed E-state index contributed by atoms with van der Waals surface area (Å²) >= 11 is 0. The lowest BCUT2D eigenvalue weighted by Crippen LogP contribution is -2.22. The maximum atomic E-state index is 12.5. The van der Waals surface area contributed by atoms with Crippen LogP contribution < -0.4 is 16.2 Å². The van der Waals surface area contributed by atoms with Gasteiger partial charge in [0.2, 0.25) is 0 Å². The first-order valence-electron chi connectivity index (χ1n) is 12.1. The molecule has 5 N–H and O–H groups in total. The number of nitrogens with two attached hydrogens (primary N) is 2. The second-order valence-electron chi connectivity index (χ2n) is 9.58. The number of aromatic nitrogens is 1. The van der Waals surface area contributed by atoms with Crippen LogP contribution in [-0.2, 0) is 0 Å². The zero-order valence-electron chi connectivity index (χ0n) is 20.7. The molecule has 0 saturated heterocycles. The number of aromatic hydroxyl groups is 1. The van der Waals surface area contributed by atoms with Crippen LogP contribution in [-0.4, -0.2) is 29.0 Å². The topological polar surface area (TPSA) is 111 Å². The van der Waals surface area contributed by atoms with E-state index in [1.54, 1.807) is 12.3 Å². The first-order chi connectivity index (χ1) is 16.2. The van der Waals surface area contributed by atoms with Gasteiger partial charge in [0.15, 0.2) is 17.3 Å². The molecular weight excluding hydrogens is 426 g/mol. The van der Waals surface area contributed by atoms with E-state index in [9.17, 15) is 9.90 Å². The Kier molecular flexibility index (Phi) is 8.51. The number of carbonyl (C=O) groups excluding carboxylic acids is 1. The van der Waals surface area contributed by atoms with Crippen LogP contribution >= 0.6 is 0 Å². The van der Waals surface area contributed by atoms with E-state index in [1.165, 1.54) is 39.2 Å². The van der Waals surface area contributed by atoms with Crippen LogP contribution in [0.4, 0.5) is 5.69 Å². The van der Waals surface area contributed by atoms with Gasteiger partial charge in [0.1, 0.15) is 0 Å². The zero-order chi connectivity index (χ0) is 24.8. The number of ketones is 1. The third-order valence-corrected chi connectivity index (χ3v) is 6.27. The predicted octanol–water partition coefficient (Wildman–Crippen LogP) is 6.01. The Hall–Kier alpha value is -3.12. The number of hydrogen-bond donors (Lipinski definition) is 3. The van der Waals surface area contributed by atoms with Crippen molar-refractivity contribution in [2.75, 3.05) is 12.8 Å². The highest BCUT2D eigenvalue weighted by Gasteiger charge is 2.16. The molecule has 3 aromatic rings. The van der Waals surface area contributed by atoms with Crippen LogP contribution in [0.15, 0.2) is 36.5 Å². The highest BCUT2D eigenvalue weighted by Crippen LogP contribution is 2.36. The molecule has 1 saturated carbocycles. The Bertz CT molecular complexity index is 1150. The summed E-state index contributed by atoms with van der Waals surface area (Å²) in [6, 6.07) is 9.95. The number of rotatable bonds is 5. The molecular formula is C28H37N3O3. The summed E-state index contributed by atoms with van der Waals surface area (Å²) in [4.78, 5) is 16.9. The van der Waals surface area contributed by atoms with Crippen molar-refractivity contribution in [2.45, 2.75) is 65.3 Å². The van der Waals surface area contributed by atoms with Crippen LogP contribution in [0.1, 0.15) is 68.3 Å². The number of anilines is 1. The van der Waals surface area contributed by atoms with Crippen LogP contribution in [0.2, 0.25) is 0 Å². The molecule has 0 radical (unpaired) electrons. The Morgan fingerprint density at radius 2 is 1.85 bits per heavy atom. The number of fused-ring (bicyclic) bond motifs is 1. The van der Waals surface area contributed by atoms with E-state index in [-0.39, 0.29) is 17.5 Å². The lowest BCUT2D eigenvalue weighted by Gasteiger charge is -2.15. The van der Waals surface area contributed by atoms with E-state index in [2.05, 4.69) is 4.98 Å². The van der Waals surface area contributed by atoms with Crippen molar-refractivity contribution in [3.05, 3.63) is 47.7 Å². The number of phenolic OH excluding ortho intramolecular Hbond substituents is 1. The van der Waals surface area contributed by atoms with E-state index < -0.39 is 0 Å². The van der Waals surface area contributed by atoms with Gasteiger partial charge in [-0.05, 0) is 66.6 Å². The SMILES string of the molecule is COc1cc(-c2ccc3ncc(C(=O)CC(C)C)c(N)c3c2)cc(C)c1O.NC1CCCCC1. The third-order valence-electron chi connectivity index (χ3n) is 6.27. The molecule has 0 aliphatic heterocycles. The Morgan fingerprint density at radius 3 is 2.44 bits per heavy atom. The quantitative estimate of drug-likeness (QED) is 0.399. The van der Waals surface area contributed by atoms with Gasteiger partial charge in [-0.25, -0.2) is 0 Å². The zero-order valence-corrected chi connectivity index (χ0v) is 20.7. The first kappa shape index (κ1) is 25.5. The summed E-state index contributed by atoms with van der Waals surface area (Å²) in [6.07, 6.45) is 8.66. The molecule has 1 aromatic heterocycles. The molecule has 1 heterocycles. The summed E-state index contributed by atoms with van der Waals surface area (Å²) in [6.45, 7) is 5.82. The predicted molar refractivity (Wildman–Crippen MR) is 139 cm³/mol. The average molecular weight is 464 g/mol. The van der Waals surface area contributed by atoms with Gasteiger partial charge in [0.25, 0.3) is 0 Å². The van der Waals surface area contributed by atoms with E-state index >= 15 is 0 Å². The number of ether oxygens (including phenoxy) is 1. The maximum absolute atomic E-state index is 12.5. The van der Waals surface area contributed by atoms with Crippen LogP contribution in [0.3, 0.4) is 0 Å². The maximum Gasteiger partial charge on any atom is 0.166 e. The van der Waals surface area contributed by atoms with E-state index in [0.29, 0.717) is 29.5 Å². The van der Waals surface area contributed by atoms with Gasteiger partial charge in [0.05, 0.1) is 23.9 Å². The molecule has 34 heavy (non-hydrogen) atoms. The minimum atomic E-state index is 0.00412. The van der Waals surface area contributed by atoms with Gasteiger partial charge in [-0.1, -0.05) is 39.2 Å². The number of methoxy groups -OCH3 is 1. The number of hydrogen-bond acceptors (Lipinski definition) is 6. The lowest BCUT2D eigenvalue weighted by molar-refractivity contribution is 0.0968. The van der Waals surface area contributed by atoms with Crippen LogP contribution in [0.25, 0.3) is 22.0 Å². The summed E-state index contributed by atoms with van der Waals surface area (Å²) in [5.41, 5.74) is 16.1. The standard InChI is InChI=1S/C22H24N2O3.C6H13N/c1-12(2)7-19(25)17-11-24-18-6-5-14(9-16(18)21(17)23)15-8-13(3)22(26)20(10-15)27-4;7-6-4-2-1-3-5-6/h5-6,8-12,26H,7H2,1-4H3,(H2,23,24);6H,1-5,7H2. The number of aryl methyl sites for hydroxylation is 1. The Morgan fingerprint density at radius 1 is 1.15 bits per heavy atom. The molecule has 0 spiro atoms. The summed E-state index contributed by atoms with van der Waals surface area (Å²) < 4.78 is 5.25. The molecule has 0 atom stereocenters. The number of benzene rings is 2. The Balaban J connectivity index is 0.000000396. The highest BCUT2D eigenvalue weighted by molar-refractivity contribution is 6.07. The number of phenols is 1. The number of Topliss-reactive ketones (excluding diaryl/α,β-unsaturated/α-hetero) is 1. The monoisotopic (exact) mass is 463 g/mol. The van der Waals surface area contributed by atoms with Crippen LogP contribution in [0, 0.1) is 12.8 Å². The number of nitrogen functional groups attached to an aromatic ring is 1. The normalized spacial score (nSPS) is 14.1. The van der Waals surface area contributed by atoms with Gasteiger partial charge in [-0.2, -0.15) is 0 Å². The van der Waals surface area contributed by atoms with Gasteiger partial charge >= 0.3 is 0 Å². The van der Waals surface area contributed by atoms with Crippen molar-refractivity contribution in [3.63, 3.8) is 0 Å². The van der Waals surface area contributed by atoms with Crippen LogP contribution in [0.5, 0.6) is 11.5 Å². The highest BCUT2D eigenvalue weighted by atomic mass is 16.5. The van der Waals surface area contributed by atoms with Gasteiger partial charge in [0, 0.05) is 24.0 Å². The fourth-order valence-corrected chi connectivity index (χ4v) is 4.30. The molecule has 1 aliphatic rings. The van der Waals surface area contributed by atoms with Crippen molar-refractivity contribution in [1.29, 1.82) is 0 Å². The first-order valence-corrected chi connectivity index (χ1v) is 12.1. The van der Waals surface area contributed by atoms with E-state index in [0.717, 1.165) is 27.6 Å². The number of nitrogens with zero attached hydrogens (tertiary/aromatic N) is 1. The fraction of sp³-hybridized carbons (Fsp3) is 0.429. The van der Waals surface area contributed by atoms with E-state index in [1.807, 2.05) is 45.0 Å². The molecule has 6 nitrogen and oxygen atoms in total. The molecule has 182 valence electrons. The molecule has 2 aromatic carbocycles. The number of carbonyl (C=O) groups is 1. The largest absolute Gasteiger partial charge is 0.504 e. The second kappa shape index (κ2) is 11.3. The average Bonchev–Trinajstić information content (AvgIpc) is 2.81. The number of pyridine rings is 1. The lowest BCUT2D eigenvalue weighted by atomic mass is 9.97. The third kappa shape index (κ3) is 6.06. The van der Waals surface area contributed by atoms with E-state index in [4.69, 9.17) is 16.2 Å². The summed E-state index contributed by atoms with van der Waals surface area (Å²) in [5.74, 6) is 0.803. The van der Waals surface area contributed by atoms with Crippen molar-refractivity contribution in [1.82, 2.24) is 4.98 Å². The molecule has 0 amide bonds. The minimum Gasteiger partial charge on any atom is -0.504 e. The summed E-state index contributed by atoms with van der Waals surface area (Å²) in [5, 5.41) is 10.8. The Labute approximate surface area is 202 Å². The molecule has 0 bridgehead atoms. The van der Waals surface area contributed by atoms with Gasteiger partial charge < -0.3 is 21.3 Å². The molecule has 1 fully saturated rings. The van der Waals surface area contributed by atoms with Gasteiger partial charge in [-0.15, -0.1) is 0 Å². The summed E-state index contributed by atoms with van der Waals surface area (Å²) in [7, 11) is 1.52. The molecule has 1 aliphatic carbocycles. The fourth-order valence-electron chi connectivity index (χ4n) is 4.30. The van der Waals surface area contributed by atoms with Crippen molar-refractivity contribution >= 4 is 22.4 Å².